The number of hydrogen-bond acceptors (Lipinski definition) is 5. The summed E-state index contributed by atoms with van der Waals surface area (Å²) in [4.78, 5) is 22.6. The lowest BCUT2D eigenvalue weighted by atomic mass is 10.1. The molecule has 0 heterocycles. The van der Waals surface area contributed by atoms with Crippen LogP contribution >= 0.6 is 0 Å². The van der Waals surface area contributed by atoms with Gasteiger partial charge >= 0.3 is 5.69 Å². The Kier molecular flexibility index (Phi) is 6.45. The third-order valence-corrected chi connectivity index (χ3v) is 2.64. The monoisotopic (exact) mass is 281 g/mol. The van der Waals surface area contributed by atoms with Crippen molar-refractivity contribution < 1.29 is 14.5 Å². The van der Waals surface area contributed by atoms with E-state index in [1.807, 2.05) is 6.92 Å². The van der Waals surface area contributed by atoms with Crippen molar-refractivity contribution in [3.63, 3.8) is 0 Å². The van der Waals surface area contributed by atoms with Crippen LogP contribution in [0.3, 0.4) is 0 Å². The van der Waals surface area contributed by atoms with Crippen LogP contribution in [0.2, 0.25) is 0 Å². The van der Waals surface area contributed by atoms with E-state index in [2.05, 4.69) is 10.6 Å². The van der Waals surface area contributed by atoms with E-state index in [4.69, 9.17) is 4.74 Å². The lowest BCUT2D eigenvalue weighted by molar-refractivity contribution is -0.384. The number of nitro groups is 1. The molecule has 7 heteroatoms. The second-order valence-electron chi connectivity index (χ2n) is 4.09. The zero-order chi connectivity index (χ0) is 15.0. The molecule has 0 unspecified atom stereocenters. The summed E-state index contributed by atoms with van der Waals surface area (Å²) >= 11 is 0. The van der Waals surface area contributed by atoms with Gasteiger partial charge in [-0.2, -0.15) is 0 Å². The maximum Gasteiger partial charge on any atom is 0.305 e. The predicted octanol–water partition coefficient (Wildman–Crippen LogP) is 1.79. The highest BCUT2D eigenvalue weighted by atomic mass is 16.6. The molecule has 7 nitrogen and oxygen atoms in total. The van der Waals surface area contributed by atoms with Crippen LogP contribution in [0.15, 0.2) is 18.2 Å². The molecule has 0 aliphatic rings. The Labute approximate surface area is 117 Å². The van der Waals surface area contributed by atoms with Crippen molar-refractivity contribution in [2.24, 2.45) is 0 Å². The highest BCUT2D eigenvalue weighted by molar-refractivity contribution is 6.00. The summed E-state index contributed by atoms with van der Waals surface area (Å²) in [6, 6.07) is 4.66. The summed E-state index contributed by atoms with van der Waals surface area (Å²) in [6.07, 6.45) is 0.656. The van der Waals surface area contributed by atoms with Crippen LogP contribution in [-0.4, -0.2) is 37.6 Å². The molecule has 1 aromatic carbocycles. The standard InChI is InChI=1S/C13H19N3O4/c1-3-14-11-7-4-6-10(12(11)16(18)19)13(17)15-8-5-9-20-2/h4,6-7,14H,3,5,8-9H2,1-2H3,(H,15,17). The Hall–Kier alpha value is -2.15. The van der Waals surface area contributed by atoms with E-state index in [0.29, 0.717) is 31.8 Å². The van der Waals surface area contributed by atoms with Crippen molar-refractivity contribution in [1.82, 2.24) is 5.32 Å². The number of nitrogens with zero attached hydrogens (tertiary/aromatic N) is 1. The van der Waals surface area contributed by atoms with Crippen molar-refractivity contribution in [3.05, 3.63) is 33.9 Å². The Balaban J connectivity index is 2.90. The number of rotatable bonds is 8. The summed E-state index contributed by atoms with van der Waals surface area (Å²) in [6.45, 7) is 3.32. The fraction of sp³-hybridized carbons (Fsp3) is 0.462. The van der Waals surface area contributed by atoms with Gasteiger partial charge in [-0.1, -0.05) is 6.07 Å². The molecule has 0 atom stereocenters. The van der Waals surface area contributed by atoms with Crippen molar-refractivity contribution >= 4 is 17.3 Å². The van der Waals surface area contributed by atoms with Crippen molar-refractivity contribution in [1.29, 1.82) is 0 Å². The predicted molar refractivity (Wildman–Crippen MR) is 76.1 cm³/mol. The van der Waals surface area contributed by atoms with E-state index in [1.54, 1.807) is 19.2 Å². The van der Waals surface area contributed by atoms with E-state index >= 15 is 0 Å². The molecule has 0 aromatic heterocycles. The Morgan fingerprint density at radius 3 is 2.80 bits per heavy atom. The summed E-state index contributed by atoms with van der Waals surface area (Å²) < 4.78 is 4.87. The molecule has 1 aromatic rings. The van der Waals surface area contributed by atoms with Crippen molar-refractivity contribution in [2.75, 3.05) is 32.1 Å². The number of benzene rings is 1. The number of hydrogen-bond donors (Lipinski definition) is 2. The van der Waals surface area contributed by atoms with Crippen LogP contribution in [0.25, 0.3) is 0 Å². The lowest BCUT2D eigenvalue weighted by Crippen LogP contribution is -2.26. The van der Waals surface area contributed by atoms with Gasteiger partial charge < -0.3 is 15.4 Å². The summed E-state index contributed by atoms with van der Waals surface area (Å²) in [5.41, 5.74) is 0.214. The average molecular weight is 281 g/mol. The first kappa shape index (κ1) is 15.9. The Morgan fingerprint density at radius 2 is 2.20 bits per heavy atom. The molecule has 0 bridgehead atoms. The van der Waals surface area contributed by atoms with Gasteiger partial charge in [0.2, 0.25) is 0 Å². The quantitative estimate of drug-likeness (QED) is 0.430. The maximum atomic E-state index is 12.0. The highest BCUT2D eigenvalue weighted by Crippen LogP contribution is 2.28. The normalized spacial score (nSPS) is 10.1. The number of amides is 1. The minimum absolute atomic E-state index is 0.0610. The summed E-state index contributed by atoms with van der Waals surface area (Å²) in [5.74, 6) is -0.451. The van der Waals surface area contributed by atoms with Gasteiger partial charge in [-0.25, -0.2) is 0 Å². The second kappa shape index (κ2) is 8.11. The molecule has 2 N–H and O–H groups in total. The van der Waals surface area contributed by atoms with E-state index < -0.39 is 10.8 Å². The van der Waals surface area contributed by atoms with Gasteiger partial charge in [0, 0.05) is 26.8 Å². The molecule has 20 heavy (non-hydrogen) atoms. The van der Waals surface area contributed by atoms with E-state index in [-0.39, 0.29) is 11.3 Å². The first-order valence-electron chi connectivity index (χ1n) is 6.40. The smallest absolute Gasteiger partial charge is 0.305 e. The number of nitrogens with one attached hydrogen (secondary N) is 2. The number of nitro benzene ring substituents is 1. The van der Waals surface area contributed by atoms with Gasteiger partial charge in [-0.15, -0.1) is 0 Å². The number of para-hydroxylation sites is 1. The molecular weight excluding hydrogens is 262 g/mol. The number of methoxy groups -OCH3 is 1. The molecule has 0 spiro atoms. The van der Waals surface area contributed by atoms with E-state index in [9.17, 15) is 14.9 Å². The van der Waals surface area contributed by atoms with Gasteiger partial charge in [0.15, 0.2) is 0 Å². The second-order valence-corrected chi connectivity index (χ2v) is 4.09. The number of carbonyl (C=O) groups is 1. The zero-order valence-electron chi connectivity index (χ0n) is 11.6. The van der Waals surface area contributed by atoms with Crippen LogP contribution in [0.1, 0.15) is 23.7 Å². The first-order valence-corrected chi connectivity index (χ1v) is 6.40. The summed E-state index contributed by atoms with van der Waals surface area (Å²) in [7, 11) is 1.58. The Bertz CT molecular complexity index is 477. The molecule has 1 amide bonds. The number of anilines is 1. The molecule has 0 saturated heterocycles. The van der Waals surface area contributed by atoms with Gasteiger partial charge in [0.25, 0.3) is 5.91 Å². The van der Waals surface area contributed by atoms with Gasteiger partial charge in [0.1, 0.15) is 11.3 Å². The number of carbonyl (C=O) groups excluding carboxylic acids is 1. The van der Waals surface area contributed by atoms with E-state index in [1.165, 1.54) is 6.07 Å². The van der Waals surface area contributed by atoms with E-state index in [0.717, 1.165) is 0 Å². The maximum absolute atomic E-state index is 12.0. The number of ether oxygens (including phenoxy) is 1. The SMILES string of the molecule is CCNc1cccc(C(=O)NCCCOC)c1[N+](=O)[O-]. The molecule has 0 saturated carbocycles. The largest absolute Gasteiger partial charge is 0.385 e. The lowest BCUT2D eigenvalue weighted by Gasteiger charge is -2.09. The fourth-order valence-electron chi connectivity index (χ4n) is 1.77. The molecule has 0 aliphatic carbocycles. The zero-order valence-corrected chi connectivity index (χ0v) is 11.6. The molecule has 0 radical (unpaired) electrons. The van der Waals surface area contributed by atoms with Crippen LogP contribution in [0.5, 0.6) is 0 Å². The van der Waals surface area contributed by atoms with Crippen LogP contribution < -0.4 is 10.6 Å². The fourth-order valence-corrected chi connectivity index (χ4v) is 1.77. The summed E-state index contributed by atoms with van der Waals surface area (Å²) in [5, 5.41) is 16.7. The van der Waals surface area contributed by atoms with Crippen LogP contribution in [0.4, 0.5) is 11.4 Å². The highest BCUT2D eigenvalue weighted by Gasteiger charge is 2.23. The van der Waals surface area contributed by atoms with Crippen LogP contribution in [-0.2, 0) is 4.74 Å². The minimum Gasteiger partial charge on any atom is -0.385 e. The Morgan fingerprint density at radius 1 is 1.45 bits per heavy atom. The van der Waals surface area contributed by atoms with Crippen molar-refractivity contribution in [2.45, 2.75) is 13.3 Å². The van der Waals surface area contributed by atoms with Crippen LogP contribution in [0, 0.1) is 10.1 Å². The molecule has 110 valence electrons. The molecular formula is C13H19N3O4. The third-order valence-electron chi connectivity index (χ3n) is 2.64. The third kappa shape index (κ3) is 4.20. The first-order chi connectivity index (χ1) is 9.61. The molecule has 0 fully saturated rings. The average Bonchev–Trinajstić information content (AvgIpc) is 2.43. The minimum atomic E-state index is -0.540. The molecule has 1 rings (SSSR count). The topological polar surface area (TPSA) is 93.5 Å². The van der Waals surface area contributed by atoms with Gasteiger partial charge in [0.05, 0.1) is 4.92 Å². The van der Waals surface area contributed by atoms with Crippen molar-refractivity contribution in [3.8, 4) is 0 Å². The van der Waals surface area contributed by atoms with Gasteiger partial charge in [-0.3, -0.25) is 14.9 Å². The molecule has 0 aliphatic heterocycles. The van der Waals surface area contributed by atoms with Gasteiger partial charge in [-0.05, 0) is 25.5 Å².